The molecule has 3 aromatic rings. The second kappa shape index (κ2) is 9.73. The first-order chi connectivity index (χ1) is 16.6. The smallest absolute Gasteiger partial charge is 0.373 e. The van der Waals surface area contributed by atoms with Gasteiger partial charge in [0.25, 0.3) is 15.9 Å². The lowest BCUT2D eigenvalue weighted by molar-refractivity contribution is -0.242. The lowest BCUT2D eigenvalue weighted by atomic mass is 10.1. The fourth-order valence-electron chi connectivity index (χ4n) is 2.79. The Hall–Kier alpha value is -3.13. The predicted molar refractivity (Wildman–Crippen MR) is 126 cm³/mol. The molecule has 0 aliphatic carbocycles. The largest absolute Gasteiger partial charge is 0.426 e. The highest BCUT2D eigenvalue weighted by molar-refractivity contribution is 7.92. The molecule has 0 saturated carbocycles. The molecule has 0 fully saturated rings. The van der Waals surface area contributed by atoms with Gasteiger partial charge < -0.3 is 10.4 Å². The Balaban J connectivity index is 1.81. The summed E-state index contributed by atoms with van der Waals surface area (Å²) >= 11 is 5.97. The van der Waals surface area contributed by atoms with Crippen molar-refractivity contribution in [2.24, 2.45) is 0 Å². The van der Waals surface area contributed by atoms with Crippen LogP contribution in [0.2, 0.25) is 5.02 Å². The molecular formula is C22H18ClF3N2O6S2. The first kappa shape index (κ1) is 27.5. The SMILES string of the molecule is CC(O)(C(=O)Nc1ccc(S(=O)(=O)c2ccc(NS(=O)(=O)c3ccccc3)cc2)cc1Cl)C(F)(F)F. The van der Waals surface area contributed by atoms with Crippen LogP contribution in [0, 0.1) is 0 Å². The fourth-order valence-corrected chi connectivity index (χ4v) is 5.45. The lowest BCUT2D eigenvalue weighted by Crippen LogP contribution is -2.52. The Labute approximate surface area is 209 Å². The van der Waals surface area contributed by atoms with E-state index in [4.69, 9.17) is 11.6 Å². The third-order valence-corrected chi connectivity index (χ3v) is 8.44. The van der Waals surface area contributed by atoms with Crippen LogP contribution < -0.4 is 10.0 Å². The van der Waals surface area contributed by atoms with E-state index in [1.54, 1.807) is 18.2 Å². The summed E-state index contributed by atoms with van der Waals surface area (Å²) in [7, 11) is -8.07. The number of hydrogen-bond acceptors (Lipinski definition) is 6. The number of nitrogens with one attached hydrogen (secondary N) is 2. The first-order valence-corrected chi connectivity index (χ1v) is 13.2. The van der Waals surface area contributed by atoms with Gasteiger partial charge in [-0.25, -0.2) is 16.8 Å². The summed E-state index contributed by atoms with van der Waals surface area (Å²) in [5, 5.41) is 10.9. The maximum atomic E-state index is 13.0. The molecule has 8 nitrogen and oxygen atoms in total. The van der Waals surface area contributed by atoms with Crippen LogP contribution in [0.25, 0.3) is 0 Å². The average molecular weight is 563 g/mol. The molecule has 0 aliphatic heterocycles. The van der Waals surface area contributed by atoms with Gasteiger partial charge in [-0.05, 0) is 61.5 Å². The summed E-state index contributed by atoms with van der Waals surface area (Å²) in [6, 6.07) is 15.2. The molecule has 0 radical (unpaired) electrons. The van der Waals surface area contributed by atoms with Crippen LogP contribution in [0.3, 0.4) is 0 Å². The highest BCUT2D eigenvalue weighted by atomic mass is 35.5. The maximum Gasteiger partial charge on any atom is 0.426 e. The van der Waals surface area contributed by atoms with Crippen LogP contribution in [-0.2, 0) is 24.7 Å². The number of sulfone groups is 1. The van der Waals surface area contributed by atoms with Crippen molar-refractivity contribution in [1.82, 2.24) is 0 Å². The molecule has 0 saturated heterocycles. The second-order valence-corrected chi connectivity index (χ2v) is 11.7. The standard InChI is InChI=1S/C22H18ClF3N2O6S2/c1-21(30,22(24,25)26)20(29)27-19-12-11-17(13-18(19)23)35(31,32)15-9-7-14(8-10-15)28-36(33,34)16-5-3-2-4-6-16/h2-13,28,30H,1H3,(H,27,29). The van der Waals surface area contributed by atoms with E-state index in [1.807, 2.05) is 5.32 Å². The van der Waals surface area contributed by atoms with Gasteiger partial charge in [0.15, 0.2) is 0 Å². The van der Waals surface area contributed by atoms with Crippen LogP contribution in [-0.4, -0.2) is 39.6 Å². The number of carbonyl (C=O) groups excluding carboxylic acids is 1. The van der Waals surface area contributed by atoms with Crippen molar-refractivity contribution in [3.63, 3.8) is 0 Å². The molecule has 1 amide bonds. The number of sulfonamides is 1. The number of aliphatic hydroxyl groups is 1. The zero-order valence-corrected chi connectivity index (χ0v) is 20.6. The monoisotopic (exact) mass is 562 g/mol. The molecule has 36 heavy (non-hydrogen) atoms. The van der Waals surface area contributed by atoms with Gasteiger partial charge >= 0.3 is 6.18 Å². The Morgan fingerprint density at radius 3 is 1.94 bits per heavy atom. The number of anilines is 2. The average Bonchev–Trinajstić information content (AvgIpc) is 2.80. The number of alkyl halides is 3. The topological polar surface area (TPSA) is 130 Å². The minimum absolute atomic E-state index is 0.0141. The molecule has 192 valence electrons. The molecular weight excluding hydrogens is 545 g/mol. The quantitative estimate of drug-likeness (QED) is 0.395. The second-order valence-electron chi connectivity index (χ2n) is 7.61. The molecule has 0 aliphatic rings. The maximum absolute atomic E-state index is 13.0. The highest BCUT2D eigenvalue weighted by Crippen LogP contribution is 2.33. The van der Waals surface area contributed by atoms with Gasteiger partial charge in [0.2, 0.25) is 15.4 Å². The van der Waals surface area contributed by atoms with Gasteiger partial charge in [0.1, 0.15) is 0 Å². The Morgan fingerprint density at radius 1 is 0.861 bits per heavy atom. The zero-order valence-electron chi connectivity index (χ0n) is 18.2. The minimum atomic E-state index is -5.26. The molecule has 0 heterocycles. The number of carbonyl (C=O) groups is 1. The normalized spacial score (nSPS) is 14.1. The molecule has 1 atom stereocenters. The summed E-state index contributed by atoms with van der Waals surface area (Å²) < 4.78 is 91.6. The van der Waals surface area contributed by atoms with E-state index in [2.05, 4.69) is 4.72 Å². The van der Waals surface area contributed by atoms with Crippen LogP contribution in [0.4, 0.5) is 24.5 Å². The van der Waals surface area contributed by atoms with Crippen molar-refractivity contribution in [3.05, 3.63) is 77.8 Å². The van der Waals surface area contributed by atoms with Gasteiger partial charge in [0.05, 0.1) is 25.4 Å². The summed E-state index contributed by atoms with van der Waals surface area (Å²) in [6.07, 6.45) is -5.26. The fraction of sp³-hybridized carbons (Fsp3) is 0.136. The van der Waals surface area contributed by atoms with Crippen LogP contribution in [0.5, 0.6) is 0 Å². The van der Waals surface area contributed by atoms with Gasteiger partial charge in [-0.3, -0.25) is 9.52 Å². The van der Waals surface area contributed by atoms with Gasteiger partial charge in [-0.1, -0.05) is 29.8 Å². The first-order valence-electron chi connectivity index (χ1n) is 9.89. The molecule has 1 unspecified atom stereocenters. The van der Waals surface area contributed by atoms with Crippen LogP contribution in [0.15, 0.2) is 87.5 Å². The van der Waals surface area contributed by atoms with Crippen molar-refractivity contribution in [2.45, 2.75) is 33.4 Å². The van der Waals surface area contributed by atoms with Crippen molar-refractivity contribution >= 4 is 48.7 Å². The van der Waals surface area contributed by atoms with E-state index in [0.717, 1.165) is 30.3 Å². The van der Waals surface area contributed by atoms with Gasteiger partial charge in [-0.2, -0.15) is 13.2 Å². The molecule has 14 heteroatoms. The van der Waals surface area contributed by atoms with Gasteiger partial charge in [-0.15, -0.1) is 0 Å². The van der Waals surface area contributed by atoms with Gasteiger partial charge in [0, 0.05) is 5.69 Å². The predicted octanol–water partition coefficient (Wildman–Crippen LogP) is 4.23. The number of rotatable bonds is 7. The van der Waals surface area contributed by atoms with E-state index in [9.17, 15) is 39.9 Å². The summed E-state index contributed by atoms with van der Waals surface area (Å²) in [5.74, 6) is -1.80. The van der Waals surface area contributed by atoms with Crippen molar-refractivity contribution < 1.29 is 39.9 Å². The Kier molecular flexibility index (Phi) is 7.42. The Bertz CT molecular complexity index is 1490. The Morgan fingerprint density at radius 2 is 1.42 bits per heavy atom. The minimum Gasteiger partial charge on any atom is -0.373 e. The van der Waals surface area contributed by atoms with Crippen LogP contribution >= 0.6 is 11.6 Å². The van der Waals surface area contributed by atoms with Crippen molar-refractivity contribution in [1.29, 1.82) is 0 Å². The van der Waals surface area contributed by atoms with E-state index in [-0.39, 0.29) is 33.0 Å². The van der Waals surface area contributed by atoms with Crippen LogP contribution in [0.1, 0.15) is 6.92 Å². The highest BCUT2D eigenvalue weighted by Gasteiger charge is 2.55. The van der Waals surface area contributed by atoms with E-state index in [0.29, 0.717) is 0 Å². The molecule has 3 rings (SSSR count). The van der Waals surface area contributed by atoms with E-state index >= 15 is 0 Å². The molecule has 3 aromatic carbocycles. The molecule has 3 N–H and O–H groups in total. The molecule has 0 bridgehead atoms. The third-order valence-electron chi connectivity index (χ3n) is 4.96. The van der Waals surface area contributed by atoms with Crippen molar-refractivity contribution in [3.8, 4) is 0 Å². The van der Waals surface area contributed by atoms with E-state index < -0.39 is 42.6 Å². The molecule has 0 aromatic heterocycles. The number of benzene rings is 3. The summed E-state index contributed by atoms with van der Waals surface area (Å²) in [6.45, 7) is 0.263. The molecule has 0 spiro atoms. The summed E-state index contributed by atoms with van der Waals surface area (Å²) in [4.78, 5) is 11.3. The lowest BCUT2D eigenvalue weighted by Gasteiger charge is -2.25. The third kappa shape index (κ3) is 5.64. The van der Waals surface area contributed by atoms with Crippen molar-refractivity contribution in [2.75, 3.05) is 10.0 Å². The number of hydrogen-bond donors (Lipinski definition) is 3. The number of amides is 1. The summed E-state index contributed by atoms with van der Waals surface area (Å²) in [5.41, 5.74) is -3.95. The number of halogens is 4. The zero-order chi connectivity index (χ0) is 26.9. The van der Waals surface area contributed by atoms with E-state index in [1.165, 1.54) is 24.3 Å².